The van der Waals surface area contributed by atoms with Crippen LogP contribution in [0.3, 0.4) is 0 Å². The van der Waals surface area contributed by atoms with Gasteiger partial charge in [0.25, 0.3) is 5.91 Å². The monoisotopic (exact) mass is 330 g/mol. The summed E-state index contributed by atoms with van der Waals surface area (Å²) in [6.45, 7) is 0. The molecule has 0 aliphatic heterocycles. The lowest BCUT2D eigenvalue weighted by Gasteiger charge is -2.15. The molecule has 1 atom stereocenters. The average Bonchev–Trinajstić information content (AvgIpc) is 3.03. The second-order valence-corrected chi connectivity index (χ2v) is 5.17. The van der Waals surface area contributed by atoms with Crippen molar-refractivity contribution in [2.45, 2.75) is 6.04 Å². The molecule has 3 N–H and O–H groups in total. The topological polar surface area (TPSA) is 82.2 Å². The Morgan fingerprint density at radius 2 is 1.88 bits per heavy atom. The summed E-state index contributed by atoms with van der Waals surface area (Å²) in [7, 11) is 0. The van der Waals surface area contributed by atoms with Crippen molar-refractivity contribution < 1.29 is 23.5 Å². The Bertz CT molecular complexity index is 936. The van der Waals surface area contributed by atoms with Crippen LogP contribution in [0.25, 0.3) is 10.9 Å². The average molecular weight is 330 g/mol. The number of hydrogen-bond acceptors (Lipinski definition) is 2. The van der Waals surface area contributed by atoms with Crippen LogP contribution >= 0.6 is 0 Å². The zero-order valence-corrected chi connectivity index (χ0v) is 12.2. The van der Waals surface area contributed by atoms with Crippen molar-refractivity contribution in [2.75, 3.05) is 0 Å². The molecule has 3 rings (SSSR count). The van der Waals surface area contributed by atoms with Gasteiger partial charge in [0.1, 0.15) is 0 Å². The van der Waals surface area contributed by atoms with Crippen LogP contribution in [0.2, 0.25) is 0 Å². The first-order chi connectivity index (χ1) is 11.5. The number of carbonyl (C=O) groups is 2. The second-order valence-electron chi connectivity index (χ2n) is 5.17. The van der Waals surface area contributed by atoms with E-state index >= 15 is 0 Å². The van der Waals surface area contributed by atoms with Gasteiger partial charge in [0.15, 0.2) is 17.7 Å². The van der Waals surface area contributed by atoms with Crippen LogP contribution in [0.1, 0.15) is 22.0 Å². The highest BCUT2D eigenvalue weighted by Gasteiger charge is 2.24. The number of aromatic amines is 1. The zero-order chi connectivity index (χ0) is 17.3. The standard InChI is InChI=1S/C17H12F2N2O3/c18-12-5-4-10(8-13(12)19)15(17(23)24)21-16(22)11-3-1-2-9-6-7-20-14(9)11/h1-8,15,20H,(H,21,22)(H,23,24)/t15-/m0/s1. The van der Waals surface area contributed by atoms with Crippen LogP contribution in [-0.2, 0) is 4.79 Å². The minimum absolute atomic E-state index is 0.0617. The van der Waals surface area contributed by atoms with E-state index in [0.717, 1.165) is 23.6 Å². The van der Waals surface area contributed by atoms with E-state index in [9.17, 15) is 23.5 Å². The predicted molar refractivity (Wildman–Crippen MR) is 82.5 cm³/mol. The Morgan fingerprint density at radius 3 is 2.58 bits per heavy atom. The molecule has 7 heteroatoms. The summed E-state index contributed by atoms with van der Waals surface area (Å²) in [5.74, 6) is -4.29. The van der Waals surface area contributed by atoms with Gasteiger partial charge in [-0.2, -0.15) is 0 Å². The molecule has 24 heavy (non-hydrogen) atoms. The predicted octanol–water partition coefficient (Wildman–Crippen LogP) is 3.00. The second kappa shape index (κ2) is 6.11. The maximum Gasteiger partial charge on any atom is 0.330 e. The van der Waals surface area contributed by atoms with E-state index in [2.05, 4.69) is 10.3 Å². The van der Waals surface area contributed by atoms with E-state index in [0.29, 0.717) is 5.52 Å². The quantitative estimate of drug-likeness (QED) is 0.688. The number of nitrogens with one attached hydrogen (secondary N) is 2. The first-order valence-corrected chi connectivity index (χ1v) is 7.02. The molecule has 0 saturated heterocycles. The number of fused-ring (bicyclic) bond motifs is 1. The summed E-state index contributed by atoms with van der Waals surface area (Å²) in [5, 5.41) is 12.4. The van der Waals surface area contributed by atoms with Gasteiger partial charge in [-0.15, -0.1) is 0 Å². The van der Waals surface area contributed by atoms with E-state index < -0.39 is 29.6 Å². The molecule has 122 valence electrons. The van der Waals surface area contributed by atoms with E-state index in [1.165, 1.54) is 0 Å². The molecule has 0 bridgehead atoms. The Morgan fingerprint density at radius 1 is 1.08 bits per heavy atom. The van der Waals surface area contributed by atoms with Crippen LogP contribution in [0.5, 0.6) is 0 Å². The summed E-state index contributed by atoms with van der Waals surface area (Å²) in [5.41, 5.74) is 0.754. The first kappa shape index (κ1) is 15.7. The third-order valence-electron chi connectivity index (χ3n) is 3.63. The van der Waals surface area contributed by atoms with Crippen LogP contribution < -0.4 is 5.32 Å². The van der Waals surface area contributed by atoms with Crippen LogP contribution in [0.15, 0.2) is 48.7 Å². The van der Waals surface area contributed by atoms with Crippen molar-refractivity contribution in [2.24, 2.45) is 0 Å². The number of rotatable bonds is 4. The van der Waals surface area contributed by atoms with Crippen molar-refractivity contribution in [3.63, 3.8) is 0 Å². The SMILES string of the molecule is O=C(N[C@H](C(=O)O)c1ccc(F)c(F)c1)c1cccc2cc[nH]c12. The summed E-state index contributed by atoms with van der Waals surface area (Å²) in [6, 6.07) is 7.96. The van der Waals surface area contributed by atoms with Crippen molar-refractivity contribution in [3.05, 3.63) is 71.4 Å². The number of amides is 1. The van der Waals surface area contributed by atoms with Gasteiger partial charge in [-0.05, 0) is 29.8 Å². The molecular formula is C17H12F2N2O3. The van der Waals surface area contributed by atoms with Crippen LogP contribution in [-0.4, -0.2) is 22.0 Å². The summed E-state index contributed by atoms with van der Waals surface area (Å²) in [6.07, 6.45) is 1.66. The molecule has 1 amide bonds. The summed E-state index contributed by atoms with van der Waals surface area (Å²) < 4.78 is 26.4. The number of hydrogen-bond donors (Lipinski definition) is 3. The van der Waals surface area contributed by atoms with Crippen LogP contribution in [0.4, 0.5) is 8.78 Å². The highest BCUT2D eigenvalue weighted by Crippen LogP contribution is 2.20. The fraction of sp³-hybridized carbons (Fsp3) is 0.0588. The maximum absolute atomic E-state index is 13.3. The molecule has 2 aromatic carbocycles. The number of aromatic nitrogens is 1. The molecule has 0 saturated carbocycles. The normalized spacial score (nSPS) is 12.1. The van der Waals surface area contributed by atoms with Gasteiger partial charge in [0, 0.05) is 11.6 Å². The summed E-state index contributed by atoms with van der Waals surface area (Å²) in [4.78, 5) is 26.8. The van der Waals surface area contributed by atoms with Gasteiger partial charge in [-0.1, -0.05) is 18.2 Å². The van der Waals surface area contributed by atoms with E-state index in [4.69, 9.17) is 0 Å². The Hall–Kier alpha value is -3.22. The number of H-pyrrole nitrogens is 1. The van der Waals surface area contributed by atoms with Gasteiger partial charge in [-0.25, -0.2) is 13.6 Å². The van der Waals surface area contributed by atoms with Gasteiger partial charge in [0.2, 0.25) is 0 Å². The van der Waals surface area contributed by atoms with Gasteiger partial charge in [-0.3, -0.25) is 4.79 Å². The Balaban J connectivity index is 1.93. The molecule has 0 aliphatic rings. The molecule has 3 aromatic rings. The lowest BCUT2D eigenvalue weighted by Crippen LogP contribution is -2.34. The molecule has 0 unspecified atom stereocenters. The van der Waals surface area contributed by atoms with Gasteiger partial charge in [0.05, 0.1) is 11.1 Å². The van der Waals surface area contributed by atoms with E-state index in [-0.39, 0.29) is 11.1 Å². The van der Waals surface area contributed by atoms with E-state index in [1.807, 2.05) is 0 Å². The number of carboxylic acids is 1. The number of halogens is 2. The highest BCUT2D eigenvalue weighted by atomic mass is 19.2. The van der Waals surface area contributed by atoms with E-state index in [1.54, 1.807) is 30.5 Å². The molecule has 5 nitrogen and oxygen atoms in total. The van der Waals surface area contributed by atoms with Gasteiger partial charge < -0.3 is 15.4 Å². The lowest BCUT2D eigenvalue weighted by molar-refractivity contribution is -0.139. The molecule has 0 fully saturated rings. The first-order valence-electron chi connectivity index (χ1n) is 7.02. The minimum Gasteiger partial charge on any atom is -0.479 e. The third-order valence-corrected chi connectivity index (χ3v) is 3.63. The molecule has 0 spiro atoms. The zero-order valence-electron chi connectivity index (χ0n) is 12.2. The minimum atomic E-state index is -1.50. The number of carboxylic acid groups (broad SMARTS) is 1. The van der Waals surface area contributed by atoms with Crippen molar-refractivity contribution >= 4 is 22.8 Å². The lowest BCUT2D eigenvalue weighted by atomic mass is 10.1. The number of carbonyl (C=O) groups excluding carboxylic acids is 1. The maximum atomic E-state index is 13.3. The molecule has 1 aromatic heterocycles. The molecular weight excluding hydrogens is 318 g/mol. The van der Waals surface area contributed by atoms with Crippen molar-refractivity contribution in [3.8, 4) is 0 Å². The molecule has 1 heterocycles. The fourth-order valence-corrected chi connectivity index (χ4v) is 2.46. The summed E-state index contributed by atoms with van der Waals surface area (Å²) >= 11 is 0. The van der Waals surface area contributed by atoms with Crippen molar-refractivity contribution in [1.29, 1.82) is 0 Å². The third kappa shape index (κ3) is 2.83. The van der Waals surface area contributed by atoms with Gasteiger partial charge >= 0.3 is 5.97 Å². The molecule has 0 radical (unpaired) electrons. The fourth-order valence-electron chi connectivity index (χ4n) is 2.46. The largest absolute Gasteiger partial charge is 0.479 e. The van der Waals surface area contributed by atoms with Crippen LogP contribution in [0, 0.1) is 11.6 Å². The van der Waals surface area contributed by atoms with Crippen molar-refractivity contribution in [1.82, 2.24) is 10.3 Å². The highest BCUT2D eigenvalue weighted by molar-refractivity contribution is 6.06. The smallest absolute Gasteiger partial charge is 0.330 e. The number of aliphatic carboxylic acids is 1. The number of benzene rings is 2. The molecule has 0 aliphatic carbocycles. The number of para-hydroxylation sites is 1. The Labute approximate surface area is 134 Å². The Kier molecular flexibility index (Phi) is 3.99.